The zero-order valence-electron chi connectivity index (χ0n) is 5.57. The Morgan fingerprint density at radius 3 is 2.17 bits per heavy atom. The highest BCUT2D eigenvalue weighted by Gasteiger charge is 2.16. The van der Waals surface area contributed by atoms with Crippen LogP contribution in [0.4, 0.5) is 8.78 Å². The molecule has 0 unspecified atom stereocenters. The number of rotatable bonds is 1. The third kappa shape index (κ3) is 1.57. The van der Waals surface area contributed by atoms with Gasteiger partial charge in [0, 0.05) is 0 Å². The summed E-state index contributed by atoms with van der Waals surface area (Å²) in [5.74, 6) is -1.80. The molecule has 0 bridgehead atoms. The van der Waals surface area contributed by atoms with Crippen LogP contribution in [-0.4, -0.2) is 5.24 Å². The summed E-state index contributed by atoms with van der Waals surface area (Å²) >= 11 is 10.2. The molecule has 0 atom stereocenters. The van der Waals surface area contributed by atoms with Gasteiger partial charge < -0.3 is 0 Å². The van der Waals surface area contributed by atoms with E-state index in [0.717, 1.165) is 12.1 Å². The van der Waals surface area contributed by atoms with Gasteiger partial charge in [-0.25, -0.2) is 8.78 Å². The molecule has 0 N–H and O–H groups in total. The Hall–Kier alpha value is -0.670. The van der Waals surface area contributed by atoms with Crippen molar-refractivity contribution in [2.75, 3.05) is 0 Å². The molecule has 0 saturated carbocycles. The largest absolute Gasteiger partial charge is 0.275 e. The van der Waals surface area contributed by atoms with Gasteiger partial charge in [0.2, 0.25) is 0 Å². The number of carbonyl (C=O) groups excluding carboxylic acids is 1. The van der Waals surface area contributed by atoms with E-state index < -0.39 is 27.5 Å². The van der Waals surface area contributed by atoms with Crippen LogP contribution in [0.3, 0.4) is 0 Å². The Labute approximate surface area is 76.9 Å². The fourth-order valence-corrected chi connectivity index (χ4v) is 1.18. The van der Waals surface area contributed by atoms with Crippen molar-refractivity contribution in [3.05, 3.63) is 34.4 Å². The minimum absolute atomic E-state index is 0.588. The van der Waals surface area contributed by atoms with Gasteiger partial charge in [-0.3, -0.25) is 4.79 Å². The fraction of sp³-hybridized carbons (Fsp3) is 0. The second-order valence-electron chi connectivity index (χ2n) is 1.99. The van der Waals surface area contributed by atoms with Crippen LogP contribution in [-0.2, 0) is 0 Å². The van der Waals surface area contributed by atoms with E-state index in [4.69, 9.17) is 23.2 Å². The molecule has 1 nitrogen and oxygen atoms in total. The Balaban J connectivity index is 3.43. The summed E-state index contributed by atoms with van der Waals surface area (Å²) in [5.41, 5.74) is -0.627. The van der Waals surface area contributed by atoms with Crippen LogP contribution in [0.2, 0.25) is 5.02 Å². The zero-order valence-corrected chi connectivity index (χ0v) is 7.09. The molecule has 5 heteroatoms. The van der Waals surface area contributed by atoms with Crippen LogP contribution in [0, 0.1) is 11.6 Å². The van der Waals surface area contributed by atoms with Crippen LogP contribution in [0.15, 0.2) is 12.1 Å². The van der Waals surface area contributed by atoms with Crippen molar-refractivity contribution in [1.82, 2.24) is 0 Å². The van der Waals surface area contributed by atoms with Gasteiger partial charge in [0.15, 0.2) is 0 Å². The van der Waals surface area contributed by atoms with E-state index in [9.17, 15) is 13.6 Å². The highest BCUT2D eigenvalue weighted by molar-refractivity contribution is 6.68. The third-order valence-electron chi connectivity index (χ3n) is 1.24. The lowest BCUT2D eigenvalue weighted by molar-refractivity contribution is 0.107. The van der Waals surface area contributed by atoms with Gasteiger partial charge in [0.05, 0.1) is 10.6 Å². The Morgan fingerprint density at radius 2 is 1.75 bits per heavy atom. The molecule has 0 aliphatic heterocycles. The molecule has 0 aliphatic carbocycles. The average Bonchev–Trinajstić information content (AvgIpc) is 1.97. The molecule has 0 heterocycles. The minimum Gasteiger partial charge on any atom is -0.275 e. The Morgan fingerprint density at radius 1 is 1.25 bits per heavy atom. The summed E-state index contributed by atoms with van der Waals surface area (Å²) < 4.78 is 25.3. The normalized spacial score (nSPS) is 10.0. The average molecular weight is 211 g/mol. The quantitative estimate of drug-likeness (QED) is 0.515. The van der Waals surface area contributed by atoms with Gasteiger partial charge in [-0.2, -0.15) is 0 Å². The molecule has 64 valence electrons. The first-order valence-electron chi connectivity index (χ1n) is 2.87. The van der Waals surface area contributed by atoms with Gasteiger partial charge in [-0.15, -0.1) is 0 Å². The van der Waals surface area contributed by atoms with Crippen LogP contribution in [0.1, 0.15) is 10.4 Å². The van der Waals surface area contributed by atoms with Crippen LogP contribution < -0.4 is 0 Å². The molecule has 0 radical (unpaired) electrons. The fourth-order valence-electron chi connectivity index (χ4n) is 0.707. The standard InChI is InChI=1S/C7H2Cl2F2O/c8-6-4(11)2-1-3(10)5(6)7(9)12/h1-2H. The predicted molar refractivity (Wildman–Crippen MR) is 41.6 cm³/mol. The van der Waals surface area contributed by atoms with Crippen molar-refractivity contribution in [2.45, 2.75) is 0 Å². The van der Waals surface area contributed by atoms with Crippen molar-refractivity contribution in [2.24, 2.45) is 0 Å². The first kappa shape index (κ1) is 9.42. The zero-order chi connectivity index (χ0) is 9.30. The summed E-state index contributed by atoms with van der Waals surface area (Å²) in [6.07, 6.45) is 0. The predicted octanol–water partition coefficient (Wildman–Crippen LogP) is 3.00. The minimum atomic E-state index is -1.11. The van der Waals surface area contributed by atoms with Crippen molar-refractivity contribution in [3.8, 4) is 0 Å². The second kappa shape index (κ2) is 3.37. The maximum absolute atomic E-state index is 12.7. The second-order valence-corrected chi connectivity index (χ2v) is 2.71. The lowest BCUT2D eigenvalue weighted by Crippen LogP contribution is -1.97. The molecule has 1 rings (SSSR count). The molecular weight excluding hydrogens is 209 g/mol. The SMILES string of the molecule is O=C(Cl)c1c(F)ccc(F)c1Cl. The smallest absolute Gasteiger partial charge is 0.256 e. The van der Waals surface area contributed by atoms with E-state index in [1.54, 1.807) is 0 Å². The number of benzene rings is 1. The van der Waals surface area contributed by atoms with Gasteiger partial charge in [0.1, 0.15) is 11.6 Å². The number of halogens is 4. The molecule has 12 heavy (non-hydrogen) atoms. The highest BCUT2D eigenvalue weighted by Crippen LogP contribution is 2.23. The van der Waals surface area contributed by atoms with Gasteiger partial charge in [0.25, 0.3) is 5.24 Å². The molecule has 0 saturated heterocycles. The monoisotopic (exact) mass is 210 g/mol. The summed E-state index contributed by atoms with van der Waals surface area (Å²) in [4.78, 5) is 10.5. The molecule has 1 aromatic carbocycles. The van der Waals surface area contributed by atoms with E-state index in [-0.39, 0.29) is 0 Å². The van der Waals surface area contributed by atoms with Crippen LogP contribution >= 0.6 is 23.2 Å². The lowest BCUT2D eigenvalue weighted by atomic mass is 10.2. The lowest BCUT2D eigenvalue weighted by Gasteiger charge is -2.00. The van der Waals surface area contributed by atoms with E-state index in [1.165, 1.54) is 0 Å². The van der Waals surface area contributed by atoms with Crippen molar-refractivity contribution in [1.29, 1.82) is 0 Å². The summed E-state index contributed by atoms with van der Waals surface area (Å²) in [7, 11) is 0. The molecule has 0 aliphatic rings. The van der Waals surface area contributed by atoms with Crippen molar-refractivity contribution >= 4 is 28.4 Å². The summed E-state index contributed by atoms with van der Waals surface area (Å²) in [6.45, 7) is 0. The van der Waals surface area contributed by atoms with Crippen molar-refractivity contribution in [3.63, 3.8) is 0 Å². The van der Waals surface area contributed by atoms with Gasteiger partial charge >= 0.3 is 0 Å². The first-order valence-corrected chi connectivity index (χ1v) is 3.63. The van der Waals surface area contributed by atoms with Crippen LogP contribution in [0.25, 0.3) is 0 Å². The van der Waals surface area contributed by atoms with Crippen molar-refractivity contribution < 1.29 is 13.6 Å². The van der Waals surface area contributed by atoms with E-state index >= 15 is 0 Å². The Kier molecular flexibility index (Phi) is 2.65. The highest BCUT2D eigenvalue weighted by atomic mass is 35.5. The number of hydrogen-bond acceptors (Lipinski definition) is 1. The maximum atomic E-state index is 12.7. The number of carbonyl (C=O) groups is 1. The molecule has 0 aromatic heterocycles. The molecule has 1 aromatic rings. The molecule has 0 amide bonds. The first-order chi connectivity index (χ1) is 5.54. The van der Waals surface area contributed by atoms with Crippen LogP contribution in [0.5, 0.6) is 0 Å². The van der Waals surface area contributed by atoms with Gasteiger partial charge in [-0.05, 0) is 23.7 Å². The van der Waals surface area contributed by atoms with E-state index in [1.807, 2.05) is 0 Å². The molecular formula is C7H2Cl2F2O. The molecule has 0 spiro atoms. The molecule has 0 fully saturated rings. The third-order valence-corrected chi connectivity index (χ3v) is 1.80. The summed E-state index contributed by atoms with van der Waals surface area (Å²) in [6, 6.07) is 1.61. The van der Waals surface area contributed by atoms with E-state index in [2.05, 4.69) is 0 Å². The summed E-state index contributed by atoms with van der Waals surface area (Å²) in [5, 5.41) is -1.70. The van der Waals surface area contributed by atoms with Gasteiger partial charge in [-0.1, -0.05) is 11.6 Å². The Bertz CT molecular complexity index is 338. The topological polar surface area (TPSA) is 17.1 Å². The van der Waals surface area contributed by atoms with E-state index in [0.29, 0.717) is 0 Å². The number of hydrogen-bond donors (Lipinski definition) is 0. The maximum Gasteiger partial charge on any atom is 0.256 e.